The lowest BCUT2D eigenvalue weighted by molar-refractivity contribution is 0.724. The molecule has 2 nitrogen and oxygen atoms in total. The Kier molecular flexibility index (Phi) is 3.83. The van der Waals surface area contributed by atoms with E-state index in [0.29, 0.717) is 5.92 Å². The predicted molar refractivity (Wildman–Crippen MR) is 70.2 cm³/mol. The molecule has 0 radical (unpaired) electrons. The van der Waals surface area contributed by atoms with Crippen molar-refractivity contribution in [1.82, 2.24) is 5.32 Å². The summed E-state index contributed by atoms with van der Waals surface area (Å²) < 4.78 is 0. The van der Waals surface area contributed by atoms with Crippen LogP contribution in [-0.4, -0.2) is 26.2 Å². The van der Waals surface area contributed by atoms with Gasteiger partial charge in [0, 0.05) is 25.3 Å². The third kappa shape index (κ3) is 2.76. The molecule has 1 saturated heterocycles. The van der Waals surface area contributed by atoms with Crippen molar-refractivity contribution >= 4 is 5.69 Å². The fourth-order valence-corrected chi connectivity index (χ4v) is 2.18. The van der Waals surface area contributed by atoms with E-state index < -0.39 is 0 Å². The van der Waals surface area contributed by atoms with Gasteiger partial charge in [0.25, 0.3) is 0 Å². The minimum Gasteiger partial charge on any atom is -0.370 e. The van der Waals surface area contributed by atoms with Crippen molar-refractivity contribution in [2.45, 2.75) is 26.2 Å². The molecule has 0 aliphatic carbocycles. The van der Waals surface area contributed by atoms with Crippen molar-refractivity contribution in [2.24, 2.45) is 0 Å². The van der Waals surface area contributed by atoms with E-state index in [4.69, 9.17) is 0 Å². The van der Waals surface area contributed by atoms with Crippen LogP contribution in [-0.2, 0) is 0 Å². The van der Waals surface area contributed by atoms with Gasteiger partial charge in [-0.15, -0.1) is 0 Å². The normalized spacial score (nSPS) is 17.6. The molecule has 0 saturated carbocycles. The summed E-state index contributed by atoms with van der Waals surface area (Å²) in [6, 6.07) is 8.99. The molecule has 1 fully saturated rings. The molecule has 2 rings (SSSR count). The van der Waals surface area contributed by atoms with Crippen molar-refractivity contribution in [1.29, 1.82) is 0 Å². The largest absolute Gasteiger partial charge is 0.370 e. The number of hydrogen-bond donors (Lipinski definition) is 1. The van der Waals surface area contributed by atoms with Crippen molar-refractivity contribution in [2.75, 3.05) is 31.1 Å². The van der Waals surface area contributed by atoms with Gasteiger partial charge in [0.2, 0.25) is 0 Å². The van der Waals surface area contributed by atoms with Crippen molar-refractivity contribution in [3.05, 3.63) is 29.8 Å². The highest BCUT2D eigenvalue weighted by atomic mass is 15.2. The standard InChI is InChI=1S/C14H22N2/c1-12(2)13-5-3-6-14(11-13)16-9-4-7-15-8-10-16/h3,5-6,11-12,15H,4,7-10H2,1-2H3. The van der Waals surface area contributed by atoms with Crippen LogP contribution in [0.4, 0.5) is 5.69 Å². The molecule has 1 aromatic rings. The first-order valence-electron chi connectivity index (χ1n) is 6.33. The van der Waals surface area contributed by atoms with Crippen LogP contribution in [0.15, 0.2) is 24.3 Å². The summed E-state index contributed by atoms with van der Waals surface area (Å²) in [4.78, 5) is 2.49. The summed E-state index contributed by atoms with van der Waals surface area (Å²) >= 11 is 0. The number of nitrogens with zero attached hydrogens (tertiary/aromatic N) is 1. The molecule has 1 aromatic carbocycles. The third-order valence-electron chi connectivity index (χ3n) is 3.24. The van der Waals surface area contributed by atoms with Gasteiger partial charge in [0.1, 0.15) is 0 Å². The summed E-state index contributed by atoms with van der Waals surface area (Å²) in [5.74, 6) is 0.616. The minimum atomic E-state index is 0.616. The zero-order chi connectivity index (χ0) is 11.4. The molecular weight excluding hydrogens is 196 g/mol. The summed E-state index contributed by atoms with van der Waals surface area (Å²) in [5, 5.41) is 3.44. The molecule has 0 unspecified atom stereocenters. The first-order chi connectivity index (χ1) is 7.77. The lowest BCUT2D eigenvalue weighted by atomic mass is 10.0. The first kappa shape index (κ1) is 11.5. The zero-order valence-electron chi connectivity index (χ0n) is 10.4. The lowest BCUT2D eigenvalue weighted by Crippen LogP contribution is -2.27. The van der Waals surface area contributed by atoms with Crippen molar-refractivity contribution in [3.8, 4) is 0 Å². The molecule has 0 bridgehead atoms. The SMILES string of the molecule is CC(C)c1cccc(N2CCCNCC2)c1. The van der Waals surface area contributed by atoms with Gasteiger partial charge < -0.3 is 10.2 Å². The van der Waals surface area contributed by atoms with Crippen LogP contribution >= 0.6 is 0 Å². The molecule has 1 heterocycles. The monoisotopic (exact) mass is 218 g/mol. The van der Waals surface area contributed by atoms with Gasteiger partial charge in [-0.1, -0.05) is 26.0 Å². The summed E-state index contributed by atoms with van der Waals surface area (Å²) in [6.07, 6.45) is 1.24. The highest BCUT2D eigenvalue weighted by Gasteiger charge is 2.10. The second-order valence-electron chi connectivity index (χ2n) is 4.84. The number of benzene rings is 1. The van der Waals surface area contributed by atoms with E-state index in [0.717, 1.165) is 19.6 Å². The quantitative estimate of drug-likeness (QED) is 0.821. The van der Waals surface area contributed by atoms with Crippen LogP contribution in [0.3, 0.4) is 0 Å². The Labute approximate surface area is 98.7 Å². The average Bonchev–Trinajstić information content (AvgIpc) is 2.57. The Morgan fingerprint density at radius 3 is 2.88 bits per heavy atom. The molecule has 0 atom stereocenters. The number of hydrogen-bond acceptors (Lipinski definition) is 2. The van der Waals surface area contributed by atoms with E-state index in [-0.39, 0.29) is 0 Å². The maximum atomic E-state index is 3.44. The van der Waals surface area contributed by atoms with Crippen LogP contribution in [0.1, 0.15) is 31.7 Å². The van der Waals surface area contributed by atoms with Crippen LogP contribution < -0.4 is 10.2 Å². The molecule has 0 aromatic heterocycles. The van der Waals surface area contributed by atoms with Gasteiger partial charge in [-0.05, 0) is 36.6 Å². The van der Waals surface area contributed by atoms with Crippen molar-refractivity contribution < 1.29 is 0 Å². The summed E-state index contributed by atoms with van der Waals surface area (Å²) in [6.45, 7) is 9.06. The fraction of sp³-hybridized carbons (Fsp3) is 0.571. The Bertz CT molecular complexity index is 325. The van der Waals surface area contributed by atoms with Gasteiger partial charge in [-0.2, -0.15) is 0 Å². The Balaban J connectivity index is 2.15. The van der Waals surface area contributed by atoms with E-state index in [1.54, 1.807) is 0 Å². The molecule has 88 valence electrons. The maximum absolute atomic E-state index is 3.44. The molecule has 0 amide bonds. The van der Waals surface area contributed by atoms with Gasteiger partial charge >= 0.3 is 0 Å². The molecular formula is C14H22N2. The van der Waals surface area contributed by atoms with E-state index in [1.807, 2.05) is 0 Å². The molecule has 2 heteroatoms. The van der Waals surface area contributed by atoms with Gasteiger partial charge in [0.05, 0.1) is 0 Å². The highest BCUT2D eigenvalue weighted by molar-refractivity contribution is 5.49. The second kappa shape index (κ2) is 5.35. The smallest absolute Gasteiger partial charge is 0.0369 e. The zero-order valence-corrected chi connectivity index (χ0v) is 10.4. The predicted octanol–water partition coefficient (Wildman–Crippen LogP) is 2.61. The molecule has 1 aliphatic heterocycles. The summed E-state index contributed by atoms with van der Waals surface area (Å²) in [5.41, 5.74) is 2.82. The van der Waals surface area contributed by atoms with Crippen LogP contribution in [0.5, 0.6) is 0 Å². The Morgan fingerprint density at radius 2 is 2.06 bits per heavy atom. The second-order valence-corrected chi connectivity index (χ2v) is 4.84. The van der Waals surface area contributed by atoms with E-state index in [9.17, 15) is 0 Å². The van der Waals surface area contributed by atoms with Gasteiger partial charge in [0.15, 0.2) is 0 Å². The van der Waals surface area contributed by atoms with E-state index in [2.05, 4.69) is 48.3 Å². The molecule has 16 heavy (non-hydrogen) atoms. The Hall–Kier alpha value is -1.02. The lowest BCUT2D eigenvalue weighted by Gasteiger charge is -2.23. The molecule has 0 spiro atoms. The van der Waals surface area contributed by atoms with E-state index >= 15 is 0 Å². The van der Waals surface area contributed by atoms with Crippen LogP contribution in [0, 0.1) is 0 Å². The average molecular weight is 218 g/mol. The van der Waals surface area contributed by atoms with Gasteiger partial charge in [-0.3, -0.25) is 0 Å². The topological polar surface area (TPSA) is 15.3 Å². The van der Waals surface area contributed by atoms with Crippen LogP contribution in [0.2, 0.25) is 0 Å². The van der Waals surface area contributed by atoms with Crippen LogP contribution in [0.25, 0.3) is 0 Å². The fourth-order valence-electron chi connectivity index (χ4n) is 2.18. The number of anilines is 1. The van der Waals surface area contributed by atoms with Gasteiger partial charge in [-0.25, -0.2) is 0 Å². The molecule has 1 aliphatic rings. The highest BCUT2D eigenvalue weighted by Crippen LogP contribution is 2.21. The third-order valence-corrected chi connectivity index (χ3v) is 3.24. The van der Waals surface area contributed by atoms with Crippen molar-refractivity contribution in [3.63, 3.8) is 0 Å². The summed E-state index contributed by atoms with van der Waals surface area (Å²) in [7, 11) is 0. The minimum absolute atomic E-state index is 0.616. The van der Waals surface area contributed by atoms with E-state index in [1.165, 1.54) is 24.2 Å². The first-order valence-corrected chi connectivity index (χ1v) is 6.33. The Morgan fingerprint density at radius 1 is 1.19 bits per heavy atom. The number of nitrogens with one attached hydrogen (secondary N) is 1. The maximum Gasteiger partial charge on any atom is 0.0369 e. The number of rotatable bonds is 2. The molecule has 1 N–H and O–H groups in total.